The van der Waals surface area contributed by atoms with Gasteiger partial charge in [0.2, 0.25) is 0 Å². The molecule has 0 aromatic rings. The summed E-state index contributed by atoms with van der Waals surface area (Å²) in [5.74, 6) is -2.13. The molecule has 0 radical (unpaired) electrons. The predicted molar refractivity (Wildman–Crippen MR) is 192 cm³/mol. The van der Waals surface area contributed by atoms with E-state index in [1.807, 2.05) is 6.92 Å². The van der Waals surface area contributed by atoms with Gasteiger partial charge in [-0.05, 0) is 25.7 Å². The Labute approximate surface area is 288 Å². The standard InChI is InChI=1S/C22H44O2.C10H18O4.C6H14O3/c1-2-3-4-5-6-7-8-9-10-11-12-13-14-15-16-17-18-19-20-21-22(23)24;11-9(12)7-5-3-1-2-4-6-8-10(13)14;1-2-6(3-7,4-8)5-9/h2-21H2,1H3,(H,23,24);1-8H2,(H,11,12)(H,13,14);7-9H,2-5H2,1H3. The lowest BCUT2D eigenvalue weighted by molar-refractivity contribution is -0.138. The van der Waals surface area contributed by atoms with Crippen LogP contribution in [0.2, 0.25) is 0 Å². The van der Waals surface area contributed by atoms with Crippen LogP contribution in [0, 0.1) is 5.41 Å². The summed E-state index contributed by atoms with van der Waals surface area (Å²) in [6.07, 6.45) is 32.5. The first-order valence-electron chi connectivity index (χ1n) is 19.1. The summed E-state index contributed by atoms with van der Waals surface area (Å²) in [5.41, 5.74) is -0.667. The highest BCUT2D eigenvalue weighted by Gasteiger charge is 2.24. The van der Waals surface area contributed by atoms with E-state index in [0.29, 0.717) is 12.8 Å². The highest BCUT2D eigenvalue weighted by atomic mass is 16.4. The smallest absolute Gasteiger partial charge is 0.303 e. The molecule has 6 N–H and O–H groups in total. The minimum absolute atomic E-state index is 0.156. The largest absolute Gasteiger partial charge is 0.481 e. The molecular formula is C38H76O9. The predicted octanol–water partition coefficient (Wildman–Crippen LogP) is 9.53. The van der Waals surface area contributed by atoms with Gasteiger partial charge in [-0.1, -0.05) is 155 Å². The molecule has 9 heteroatoms. The molecule has 0 fully saturated rings. The number of aliphatic hydroxyl groups is 3. The van der Waals surface area contributed by atoms with Crippen molar-refractivity contribution in [1.82, 2.24) is 0 Å². The van der Waals surface area contributed by atoms with Gasteiger partial charge in [-0.15, -0.1) is 0 Å². The molecular weight excluding hydrogens is 600 g/mol. The molecule has 0 aromatic carbocycles. The zero-order valence-corrected chi connectivity index (χ0v) is 30.5. The van der Waals surface area contributed by atoms with Crippen LogP contribution < -0.4 is 0 Å². The maximum absolute atomic E-state index is 10.4. The number of hydrogen-bond acceptors (Lipinski definition) is 6. The average Bonchev–Trinajstić information content (AvgIpc) is 3.05. The van der Waals surface area contributed by atoms with Crippen molar-refractivity contribution in [2.24, 2.45) is 5.41 Å². The molecule has 0 aromatic heterocycles. The summed E-state index contributed by atoms with van der Waals surface area (Å²) < 4.78 is 0. The number of aliphatic carboxylic acids is 3. The summed E-state index contributed by atoms with van der Waals surface area (Å²) in [6.45, 7) is 3.64. The molecule has 0 aliphatic carbocycles. The minimum atomic E-state index is -0.740. The fourth-order valence-corrected chi connectivity index (χ4v) is 5.10. The van der Waals surface area contributed by atoms with Gasteiger partial charge in [-0.2, -0.15) is 0 Å². The van der Waals surface area contributed by atoms with Crippen LogP contribution in [0.4, 0.5) is 0 Å². The van der Waals surface area contributed by atoms with E-state index < -0.39 is 23.3 Å². The SMILES string of the molecule is CCC(CO)(CO)CO.CCCCCCCCCCCCCCCCCCCCCC(=O)O.O=C(O)CCCCCCCCC(=O)O. The number of hydrogen-bond donors (Lipinski definition) is 6. The number of carboxylic acid groups (broad SMARTS) is 3. The van der Waals surface area contributed by atoms with Gasteiger partial charge in [0.25, 0.3) is 0 Å². The van der Waals surface area contributed by atoms with E-state index >= 15 is 0 Å². The van der Waals surface area contributed by atoms with Crippen molar-refractivity contribution in [2.45, 2.75) is 200 Å². The van der Waals surface area contributed by atoms with Gasteiger partial charge in [-0.25, -0.2) is 0 Å². The summed E-state index contributed by atoms with van der Waals surface area (Å²) in [7, 11) is 0. The van der Waals surface area contributed by atoms with Crippen molar-refractivity contribution < 1.29 is 45.0 Å². The Kier molecular flexibility index (Phi) is 42.8. The van der Waals surface area contributed by atoms with Crippen LogP contribution in [0.5, 0.6) is 0 Å². The first-order chi connectivity index (χ1) is 22.6. The highest BCUT2D eigenvalue weighted by Crippen LogP contribution is 2.18. The number of rotatable bonds is 33. The van der Waals surface area contributed by atoms with E-state index in [1.165, 1.54) is 109 Å². The van der Waals surface area contributed by atoms with Crippen molar-refractivity contribution in [3.05, 3.63) is 0 Å². The van der Waals surface area contributed by atoms with Crippen LogP contribution in [0.3, 0.4) is 0 Å². The molecule has 282 valence electrons. The van der Waals surface area contributed by atoms with E-state index in [4.69, 9.17) is 30.6 Å². The molecule has 0 heterocycles. The summed E-state index contributed by atoms with van der Waals surface area (Å²) in [4.78, 5) is 30.7. The molecule has 0 aliphatic heterocycles. The van der Waals surface area contributed by atoms with Gasteiger partial charge in [0.15, 0.2) is 0 Å². The molecule has 9 nitrogen and oxygen atoms in total. The van der Waals surface area contributed by atoms with E-state index in [0.717, 1.165) is 51.4 Å². The van der Waals surface area contributed by atoms with E-state index in [-0.39, 0.29) is 32.7 Å². The maximum atomic E-state index is 10.4. The van der Waals surface area contributed by atoms with Gasteiger partial charge in [0.05, 0.1) is 19.8 Å². The Balaban J connectivity index is -0.000000706. The third kappa shape index (κ3) is 44.3. The Morgan fingerprint density at radius 3 is 0.681 bits per heavy atom. The molecule has 0 saturated heterocycles. The summed E-state index contributed by atoms with van der Waals surface area (Å²) in [5, 5.41) is 51.2. The van der Waals surface area contributed by atoms with E-state index in [1.54, 1.807) is 0 Å². The molecule has 0 saturated carbocycles. The fraction of sp³-hybridized carbons (Fsp3) is 0.921. The Morgan fingerprint density at radius 1 is 0.362 bits per heavy atom. The quantitative estimate of drug-likeness (QED) is 0.0370. The monoisotopic (exact) mass is 677 g/mol. The van der Waals surface area contributed by atoms with Crippen LogP contribution in [-0.2, 0) is 14.4 Å². The third-order valence-corrected chi connectivity index (χ3v) is 8.78. The fourth-order valence-electron chi connectivity index (χ4n) is 5.10. The van der Waals surface area contributed by atoms with Crippen molar-refractivity contribution in [2.75, 3.05) is 19.8 Å². The number of aliphatic hydroxyl groups excluding tert-OH is 3. The van der Waals surface area contributed by atoms with Crippen LogP contribution in [-0.4, -0.2) is 68.4 Å². The van der Waals surface area contributed by atoms with Gasteiger partial charge in [0, 0.05) is 24.7 Å². The van der Waals surface area contributed by atoms with E-state index in [9.17, 15) is 14.4 Å². The van der Waals surface area contributed by atoms with Crippen LogP contribution in [0.1, 0.15) is 200 Å². The lowest BCUT2D eigenvalue weighted by Crippen LogP contribution is -2.32. The molecule has 0 amide bonds. The molecule has 0 atom stereocenters. The van der Waals surface area contributed by atoms with Gasteiger partial charge < -0.3 is 30.6 Å². The zero-order valence-electron chi connectivity index (χ0n) is 30.5. The van der Waals surface area contributed by atoms with Gasteiger partial charge in [-0.3, -0.25) is 14.4 Å². The first kappa shape index (κ1) is 49.7. The normalized spacial score (nSPS) is 10.9. The maximum Gasteiger partial charge on any atom is 0.303 e. The second-order valence-electron chi connectivity index (χ2n) is 13.2. The lowest BCUT2D eigenvalue weighted by Gasteiger charge is -2.24. The highest BCUT2D eigenvalue weighted by molar-refractivity contribution is 5.67. The van der Waals surface area contributed by atoms with E-state index in [2.05, 4.69) is 6.92 Å². The summed E-state index contributed by atoms with van der Waals surface area (Å²) >= 11 is 0. The van der Waals surface area contributed by atoms with Crippen molar-refractivity contribution in [1.29, 1.82) is 0 Å². The molecule has 0 bridgehead atoms. The molecule has 0 rings (SSSR count). The van der Waals surface area contributed by atoms with Crippen molar-refractivity contribution in [3.8, 4) is 0 Å². The van der Waals surface area contributed by atoms with Gasteiger partial charge in [0.1, 0.15) is 0 Å². The second-order valence-corrected chi connectivity index (χ2v) is 13.2. The Hall–Kier alpha value is -1.71. The van der Waals surface area contributed by atoms with Crippen LogP contribution in [0.15, 0.2) is 0 Å². The second kappa shape index (κ2) is 40.5. The lowest BCUT2D eigenvalue weighted by atomic mass is 9.88. The molecule has 0 aliphatic rings. The molecule has 0 spiro atoms. The average molecular weight is 677 g/mol. The van der Waals surface area contributed by atoms with Crippen LogP contribution >= 0.6 is 0 Å². The Morgan fingerprint density at radius 2 is 0.553 bits per heavy atom. The number of carbonyl (C=O) groups is 3. The third-order valence-electron chi connectivity index (χ3n) is 8.78. The zero-order chi connectivity index (χ0) is 35.9. The molecule has 47 heavy (non-hydrogen) atoms. The first-order valence-corrected chi connectivity index (χ1v) is 19.1. The minimum Gasteiger partial charge on any atom is -0.481 e. The van der Waals surface area contributed by atoms with Gasteiger partial charge >= 0.3 is 17.9 Å². The molecule has 0 unspecified atom stereocenters. The van der Waals surface area contributed by atoms with Crippen molar-refractivity contribution >= 4 is 17.9 Å². The van der Waals surface area contributed by atoms with Crippen molar-refractivity contribution in [3.63, 3.8) is 0 Å². The number of unbranched alkanes of at least 4 members (excludes halogenated alkanes) is 23. The number of carboxylic acids is 3. The van der Waals surface area contributed by atoms with Crippen LogP contribution in [0.25, 0.3) is 0 Å². The Bertz CT molecular complexity index is 628. The topological polar surface area (TPSA) is 173 Å². The summed E-state index contributed by atoms with van der Waals surface area (Å²) in [6, 6.07) is 0.